The number of likely N-dealkylation sites (tertiary alicyclic amines) is 1. The molecule has 1 aromatic carbocycles. The lowest BCUT2D eigenvalue weighted by atomic mass is 10.0. The summed E-state index contributed by atoms with van der Waals surface area (Å²) in [4.78, 5) is 27.3. The van der Waals surface area contributed by atoms with Gasteiger partial charge in [0.2, 0.25) is 11.8 Å². The summed E-state index contributed by atoms with van der Waals surface area (Å²) in [6.07, 6.45) is 5.54. The molecule has 0 unspecified atom stereocenters. The highest BCUT2D eigenvalue weighted by Gasteiger charge is 2.41. The third-order valence-corrected chi connectivity index (χ3v) is 5.48. The van der Waals surface area contributed by atoms with Crippen LogP contribution in [0.3, 0.4) is 0 Å². The van der Waals surface area contributed by atoms with Crippen molar-refractivity contribution in [3.8, 4) is 5.75 Å². The topological polar surface area (TPSA) is 67.9 Å². The van der Waals surface area contributed by atoms with Crippen LogP contribution < -0.4 is 10.1 Å². The van der Waals surface area contributed by atoms with Crippen molar-refractivity contribution in [2.75, 3.05) is 26.8 Å². The van der Waals surface area contributed by atoms with E-state index in [1.165, 1.54) is 12.8 Å². The Morgan fingerprint density at radius 2 is 1.93 bits per heavy atom. The fourth-order valence-electron chi connectivity index (χ4n) is 4.07. The molecule has 2 fully saturated rings. The molecule has 1 aliphatic carbocycles. The molecule has 0 spiro atoms. The quantitative estimate of drug-likeness (QED) is 0.710. The first kappa shape index (κ1) is 19.7. The third-order valence-electron chi connectivity index (χ3n) is 5.48. The largest absolute Gasteiger partial charge is 0.488 e. The van der Waals surface area contributed by atoms with Crippen molar-refractivity contribution in [3.05, 3.63) is 30.3 Å². The van der Waals surface area contributed by atoms with Gasteiger partial charge in [-0.3, -0.25) is 9.59 Å². The van der Waals surface area contributed by atoms with Gasteiger partial charge in [-0.2, -0.15) is 0 Å². The average molecular weight is 374 g/mol. The normalized spacial score (nSPS) is 22.8. The summed E-state index contributed by atoms with van der Waals surface area (Å²) in [5, 5.41) is 2.88. The van der Waals surface area contributed by atoms with Gasteiger partial charge in [0.05, 0.1) is 13.2 Å². The van der Waals surface area contributed by atoms with Gasteiger partial charge in [0.25, 0.3) is 0 Å². The minimum Gasteiger partial charge on any atom is -0.488 e. The minimum atomic E-state index is -0.468. The molecule has 2 amide bonds. The van der Waals surface area contributed by atoms with Gasteiger partial charge >= 0.3 is 0 Å². The van der Waals surface area contributed by atoms with E-state index in [2.05, 4.69) is 5.32 Å². The first-order chi connectivity index (χ1) is 13.2. The standard InChI is InChI=1S/C21H30N2O4/c1-26-12-11-22-21(25)19-14-18(27-17-9-3-2-4-10-17)15-23(19)20(24)13-16-7-5-6-8-16/h2-4,9-10,16,18-19H,5-8,11-15H2,1H3,(H,22,25)/t18-,19-/m0/s1. The second-order valence-electron chi connectivity index (χ2n) is 7.49. The summed E-state index contributed by atoms with van der Waals surface area (Å²) in [5.74, 6) is 1.19. The van der Waals surface area contributed by atoms with E-state index in [0.717, 1.165) is 18.6 Å². The molecule has 6 heteroatoms. The molecular formula is C21H30N2O4. The Morgan fingerprint density at radius 3 is 2.63 bits per heavy atom. The van der Waals surface area contributed by atoms with Crippen LogP contribution in [0.15, 0.2) is 30.3 Å². The maximum atomic E-state index is 12.9. The lowest BCUT2D eigenvalue weighted by Crippen LogP contribution is -2.46. The number of ether oxygens (including phenoxy) is 2. The van der Waals surface area contributed by atoms with E-state index in [1.807, 2.05) is 30.3 Å². The van der Waals surface area contributed by atoms with Crippen molar-refractivity contribution in [2.45, 2.75) is 50.7 Å². The summed E-state index contributed by atoms with van der Waals surface area (Å²) in [6, 6.07) is 9.10. The zero-order valence-corrected chi connectivity index (χ0v) is 16.1. The molecule has 2 aliphatic rings. The molecule has 2 atom stereocenters. The molecule has 6 nitrogen and oxygen atoms in total. The van der Waals surface area contributed by atoms with Crippen molar-refractivity contribution in [1.29, 1.82) is 0 Å². The summed E-state index contributed by atoms with van der Waals surface area (Å²) in [6.45, 7) is 1.36. The number of nitrogens with one attached hydrogen (secondary N) is 1. The van der Waals surface area contributed by atoms with Crippen molar-refractivity contribution in [2.24, 2.45) is 5.92 Å². The Hall–Kier alpha value is -2.08. The molecule has 3 rings (SSSR count). The van der Waals surface area contributed by atoms with Gasteiger partial charge in [-0.25, -0.2) is 0 Å². The first-order valence-corrected chi connectivity index (χ1v) is 9.95. The van der Waals surface area contributed by atoms with E-state index in [-0.39, 0.29) is 17.9 Å². The highest BCUT2D eigenvalue weighted by atomic mass is 16.5. The van der Waals surface area contributed by atoms with Gasteiger partial charge in [0, 0.05) is 26.5 Å². The Balaban J connectivity index is 1.64. The van der Waals surface area contributed by atoms with E-state index in [1.54, 1.807) is 12.0 Å². The van der Waals surface area contributed by atoms with Crippen molar-refractivity contribution in [1.82, 2.24) is 10.2 Å². The second-order valence-corrected chi connectivity index (χ2v) is 7.49. The number of benzene rings is 1. The predicted molar refractivity (Wildman–Crippen MR) is 102 cm³/mol. The predicted octanol–water partition coefficient (Wildman–Crippen LogP) is 2.38. The van der Waals surface area contributed by atoms with E-state index in [4.69, 9.17) is 9.47 Å². The van der Waals surface area contributed by atoms with Gasteiger partial charge < -0.3 is 19.7 Å². The number of nitrogens with zero attached hydrogens (tertiary/aromatic N) is 1. The van der Waals surface area contributed by atoms with Gasteiger partial charge in [0.15, 0.2) is 0 Å². The number of carbonyl (C=O) groups is 2. The minimum absolute atomic E-state index is 0.0768. The molecule has 1 aliphatic heterocycles. The second kappa shape index (κ2) is 9.74. The molecule has 1 saturated carbocycles. The smallest absolute Gasteiger partial charge is 0.243 e. The maximum Gasteiger partial charge on any atom is 0.243 e. The van der Waals surface area contributed by atoms with Crippen LogP contribution >= 0.6 is 0 Å². The zero-order valence-electron chi connectivity index (χ0n) is 16.1. The molecule has 0 radical (unpaired) electrons. The lowest BCUT2D eigenvalue weighted by molar-refractivity contribution is -0.139. The number of carbonyl (C=O) groups excluding carboxylic acids is 2. The highest BCUT2D eigenvalue weighted by Crippen LogP contribution is 2.30. The first-order valence-electron chi connectivity index (χ1n) is 9.95. The average Bonchev–Trinajstić information content (AvgIpc) is 3.32. The van der Waals surface area contributed by atoms with E-state index >= 15 is 0 Å². The molecule has 0 bridgehead atoms. The van der Waals surface area contributed by atoms with Gasteiger partial charge in [-0.1, -0.05) is 31.0 Å². The number of methoxy groups -OCH3 is 1. The van der Waals surface area contributed by atoms with Crippen molar-refractivity contribution in [3.63, 3.8) is 0 Å². The van der Waals surface area contributed by atoms with Crippen LogP contribution in [-0.2, 0) is 14.3 Å². The molecule has 1 aromatic rings. The molecular weight excluding hydrogens is 344 g/mol. The van der Waals surface area contributed by atoms with E-state index < -0.39 is 6.04 Å². The fraction of sp³-hybridized carbons (Fsp3) is 0.619. The van der Waals surface area contributed by atoms with Crippen LogP contribution in [0.4, 0.5) is 0 Å². The summed E-state index contributed by atoms with van der Waals surface area (Å²) in [5.41, 5.74) is 0. The van der Waals surface area contributed by atoms with Crippen LogP contribution in [0.5, 0.6) is 5.75 Å². The highest BCUT2D eigenvalue weighted by molar-refractivity contribution is 5.88. The Bertz CT molecular complexity index is 616. The number of amides is 2. The van der Waals surface area contributed by atoms with Gasteiger partial charge in [-0.05, 0) is 30.9 Å². The molecule has 27 heavy (non-hydrogen) atoms. The monoisotopic (exact) mass is 374 g/mol. The Morgan fingerprint density at radius 1 is 1.19 bits per heavy atom. The number of rotatable bonds is 8. The van der Waals surface area contributed by atoms with E-state index in [9.17, 15) is 9.59 Å². The van der Waals surface area contributed by atoms with Crippen LogP contribution in [0.2, 0.25) is 0 Å². The number of hydrogen-bond acceptors (Lipinski definition) is 4. The molecule has 0 aromatic heterocycles. The van der Waals surface area contributed by atoms with Gasteiger partial charge in [0.1, 0.15) is 17.9 Å². The lowest BCUT2D eigenvalue weighted by Gasteiger charge is -2.25. The van der Waals surface area contributed by atoms with Crippen LogP contribution in [0, 0.1) is 5.92 Å². The Kier molecular flexibility index (Phi) is 7.10. The van der Waals surface area contributed by atoms with Gasteiger partial charge in [-0.15, -0.1) is 0 Å². The Labute approximate surface area is 161 Å². The summed E-state index contributed by atoms with van der Waals surface area (Å²) < 4.78 is 11.0. The SMILES string of the molecule is COCCNC(=O)[C@@H]1C[C@H](Oc2ccccc2)CN1C(=O)CC1CCCC1. The van der Waals surface area contributed by atoms with E-state index in [0.29, 0.717) is 38.5 Å². The number of para-hydroxylation sites is 1. The van der Waals surface area contributed by atoms with Crippen molar-refractivity contribution >= 4 is 11.8 Å². The van der Waals surface area contributed by atoms with Crippen LogP contribution in [0.25, 0.3) is 0 Å². The van der Waals surface area contributed by atoms with Crippen LogP contribution in [-0.4, -0.2) is 55.7 Å². The molecule has 1 heterocycles. The fourth-order valence-corrected chi connectivity index (χ4v) is 4.07. The number of hydrogen-bond donors (Lipinski definition) is 1. The molecule has 1 saturated heterocycles. The maximum absolute atomic E-state index is 12.9. The van der Waals surface area contributed by atoms with Crippen LogP contribution in [0.1, 0.15) is 38.5 Å². The molecule has 1 N–H and O–H groups in total. The van der Waals surface area contributed by atoms with Crippen molar-refractivity contribution < 1.29 is 19.1 Å². The third kappa shape index (κ3) is 5.45. The zero-order chi connectivity index (χ0) is 19.1. The summed E-state index contributed by atoms with van der Waals surface area (Å²) >= 11 is 0. The molecule has 148 valence electrons. The summed E-state index contributed by atoms with van der Waals surface area (Å²) in [7, 11) is 1.60.